The summed E-state index contributed by atoms with van der Waals surface area (Å²) in [6.07, 6.45) is 0. The molecule has 1 aromatic carbocycles. The second-order valence-corrected chi connectivity index (χ2v) is 4.19. The lowest BCUT2D eigenvalue weighted by Gasteiger charge is -1.96. The zero-order valence-electron chi connectivity index (χ0n) is 8.04. The van der Waals surface area contributed by atoms with Crippen molar-refractivity contribution in [1.82, 2.24) is 20.0 Å². The van der Waals surface area contributed by atoms with Crippen LogP contribution in [-0.4, -0.2) is 20.5 Å². The maximum absolute atomic E-state index is 11.5. The summed E-state index contributed by atoms with van der Waals surface area (Å²) in [5.41, 5.74) is 2.96. The predicted molar refractivity (Wildman–Crippen MR) is 60.0 cm³/mol. The van der Waals surface area contributed by atoms with Gasteiger partial charge in [-0.3, -0.25) is 14.6 Å². The molecule has 3 N–H and O–H groups in total. The van der Waals surface area contributed by atoms with Crippen molar-refractivity contribution in [3.63, 3.8) is 0 Å². The number of carbonyl (C=O) groups excluding carboxylic acids is 1. The molecular weight excluding hydrogens is 226 g/mol. The predicted octanol–water partition coefficient (Wildman–Crippen LogP) is 0.547. The van der Waals surface area contributed by atoms with Gasteiger partial charge in [0.05, 0.1) is 10.2 Å². The first-order valence-electron chi connectivity index (χ1n) is 4.55. The van der Waals surface area contributed by atoms with Crippen LogP contribution in [0.2, 0.25) is 0 Å². The molecule has 2 heterocycles. The summed E-state index contributed by atoms with van der Waals surface area (Å²) < 4.78 is 2.75. The van der Waals surface area contributed by atoms with Gasteiger partial charge in [-0.05, 0) is 12.1 Å². The first-order chi connectivity index (χ1) is 7.81. The Kier molecular flexibility index (Phi) is 1.88. The number of rotatable bonds is 1. The van der Waals surface area contributed by atoms with Crippen LogP contribution < -0.4 is 11.3 Å². The molecule has 80 valence electrons. The van der Waals surface area contributed by atoms with Crippen molar-refractivity contribution < 1.29 is 4.79 Å². The zero-order valence-corrected chi connectivity index (χ0v) is 8.86. The van der Waals surface area contributed by atoms with Crippen molar-refractivity contribution >= 4 is 32.4 Å². The van der Waals surface area contributed by atoms with Crippen LogP contribution in [-0.2, 0) is 0 Å². The number of nitrogens with two attached hydrogens (primary N) is 1. The third kappa shape index (κ3) is 1.12. The van der Waals surface area contributed by atoms with Crippen molar-refractivity contribution in [1.29, 1.82) is 0 Å². The highest BCUT2D eigenvalue weighted by atomic mass is 32.1. The average Bonchev–Trinajstić information content (AvgIpc) is 2.86. The fraction of sp³-hybridized carbons (Fsp3) is 0. The lowest BCUT2D eigenvalue weighted by Crippen LogP contribution is -2.31. The number of nitrogens with one attached hydrogen (secondary N) is 1. The molecular formula is C9H7N5OS. The highest BCUT2D eigenvalue weighted by molar-refractivity contribution is 7.23. The van der Waals surface area contributed by atoms with E-state index >= 15 is 0 Å². The van der Waals surface area contributed by atoms with Gasteiger partial charge in [0.1, 0.15) is 0 Å². The minimum absolute atomic E-state index is 0.204. The number of hydrogen-bond donors (Lipinski definition) is 2. The molecule has 0 fully saturated rings. The van der Waals surface area contributed by atoms with Gasteiger partial charge in [0, 0.05) is 0 Å². The third-order valence-corrected chi connectivity index (χ3v) is 3.29. The van der Waals surface area contributed by atoms with Crippen LogP contribution in [0.3, 0.4) is 0 Å². The quantitative estimate of drug-likeness (QED) is 0.365. The Labute approximate surface area is 93.7 Å². The van der Waals surface area contributed by atoms with Crippen molar-refractivity contribution in [3.05, 3.63) is 30.1 Å². The molecule has 0 unspecified atom stereocenters. The molecule has 1 amide bonds. The van der Waals surface area contributed by atoms with Crippen molar-refractivity contribution in [2.45, 2.75) is 0 Å². The molecule has 0 aliphatic rings. The molecule has 0 bridgehead atoms. The summed E-state index contributed by atoms with van der Waals surface area (Å²) in [6, 6.07) is 7.72. The van der Waals surface area contributed by atoms with Crippen LogP contribution in [0.15, 0.2) is 24.3 Å². The van der Waals surface area contributed by atoms with Gasteiger partial charge in [0.15, 0.2) is 0 Å². The number of benzene rings is 1. The lowest BCUT2D eigenvalue weighted by molar-refractivity contribution is 0.0942. The Morgan fingerprint density at radius 1 is 1.38 bits per heavy atom. The fourth-order valence-electron chi connectivity index (χ4n) is 1.59. The summed E-state index contributed by atoms with van der Waals surface area (Å²) in [5, 5.41) is 7.75. The van der Waals surface area contributed by atoms with E-state index in [4.69, 9.17) is 5.84 Å². The highest BCUT2D eigenvalue weighted by Crippen LogP contribution is 2.25. The van der Waals surface area contributed by atoms with Crippen molar-refractivity contribution in [3.8, 4) is 0 Å². The van der Waals surface area contributed by atoms with E-state index in [9.17, 15) is 4.79 Å². The van der Waals surface area contributed by atoms with Gasteiger partial charge in [-0.2, -0.15) is 0 Å². The number of amides is 1. The van der Waals surface area contributed by atoms with Crippen molar-refractivity contribution in [2.75, 3.05) is 0 Å². The fourth-order valence-corrected chi connectivity index (χ4v) is 2.56. The summed E-state index contributed by atoms with van der Waals surface area (Å²) in [6.45, 7) is 0. The maximum atomic E-state index is 11.5. The monoisotopic (exact) mass is 233 g/mol. The van der Waals surface area contributed by atoms with Crippen LogP contribution >= 0.6 is 11.3 Å². The normalized spacial score (nSPS) is 11.1. The van der Waals surface area contributed by atoms with Gasteiger partial charge < -0.3 is 0 Å². The van der Waals surface area contributed by atoms with Crippen LogP contribution in [0.4, 0.5) is 0 Å². The van der Waals surface area contributed by atoms with E-state index in [1.165, 1.54) is 11.3 Å². The van der Waals surface area contributed by atoms with E-state index < -0.39 is 5.91 Å². The molecule has 0 atom stereocenters. The van der Waals surface area contributed by atoms with Crippen LogP contribution in [0.5, 0.6) is 0 Å². The number of thiazole rings is 1. The molecule has 3 rings (SSSR count). The molecule has 7 heteroatoms. The standard InChI is InChI=1S/C9H7N5OS/c10-11-8(15)7-12-13-9-14(7)5-3-1-2-4-6(5)16-9/h1-4H,10H2,(H,11,15). The smallest absolute Gasteiger partial charge is 0.287 e. The zero-order chi connectivity index (χ0) is 11.1. The van der Waals surface area contributed by atoms with Crippen molar-refractivity contribution in [2.24, 2.45) is 5.84 Å². The minimum Gasteiger partial charge on any atom is -0.287 e. The first kappa shape index (κ1) is 9.25. The lowest BCUT2D eigenvalue weighted by atomic mass is 10.3. The number of fused-ring (bicyclic) bond motifs is 3. The largest absolute Gasteiger partial charge is 0.303 e. The molecule has 0 aliphatic heterocycles. The Morgan fingerprint density at radius 3 is 3.00 bits per heavy atom. The van der Waals surface area contributed by atoms with E-state index in [1.54, 1.807) is 4.40 Å². The van der Waals surface area contributed by atoms with E-state index in [2.05, 4.69) is 15.6 Å². The molecule has 16 heavy (non-hydrogen) atoms. The number of nitrogens with zero attached hydrogens (tertiary/aromatic N) is 3. The maximum Gasteiger partial charge on any atom is 0.303 e. The molecule has 0 saturated heterocycles. The minimum atomic E-state index is -0.448. The van der Waals surface area contributed by atoms with Crippen LogP contribution in [0.25, 0.3) is 15.2 Å². The van der Waals surface area contributed by atoms with Gasteiger partial charge in [-0.15, -0.1) is 10.2 Å². The van der Waals surface area contributed by atoms with Gasteiger partial charge >= 0.3 is 5.91 Å². The number of aromatic nitrogens is 3. The second kappa shape index (κ2) is 3.26. The van der Waals surface area contributed by atoms with Gasteiger partial charge in [-0.1, -0.05) is 23.5 Å². The number of hydrogen-bond acceptors (Lipinski definition) is 5. The number of para-hydroxylation sites is 1. The van der Waals surface area contributed by atoms with Gasteiger partial charge in [0.25, 0.3) is 0 Å². The highest BCUT2D eigenvalue weighted by Gasteiger charge is 2.16. The third-order valence-electron chi connectivity index (χ3n) is 2.27. The molecule has 3 aromatic rings. The topological polar surface area (TPSA) is 85.3 Å². The van der Waals surface area contributed by atoms with Gasteiger partial charge in [-0.25, -0.2) is 5.84 Å². The molecule has 0 radical (unpaired) electrons. The van der Waals surface area contributed by atoms with E-state index in [0.717, 1.165) is 10.2 Å². The molecule has 6 nitrogen and oxygen atoms in total. The second-order valence-electron chi connectivity index (χ2n) is 3.18. The average molecular weight is 233 g/mol. The number of carbonyl (C=O) groups is 1. The van der Waals surface area contributed by atoms with Crippen LogP contribution in [0.1, 0.15) is 10.6 Å². The van der Waals surface area contributed by atoms with E-state index in [1.807, 2.05) is 24.3 Å². The van der Waals surface area contributed by atoms with E-state index in [-0.39, 0.29) is 5.82 Å². The van der Waals surface area contributed by atoms with Crippen LogP contribution in [0, 0.1) is 0 Å². The molecule has 0 saturated carbocycles. The molecule has 2 aromatic heterocycles. The van der Waals surface area contributed by atoms with E-state index in [0.29, 0.717) is 4.96 Å². The Balaban J connectivity index is 2.43. The number of hydrazine groups is 1. The Bertz CT molecular complexity index is 685. The summed E-state index contributed by atoms with van der Waals surface area (Å²) in [5.74, 6) is 4.85. The summed E-state index contributed by atoms with van der Waals surface area (Å²) in [4.78, 5) is 12.2. The Morgan fingerprint density at radius 2 is 2.19 bits per heavy atom. The SMILES string of the molecule is NNC(=O)c1nnc2sc3ccccc3n12. The molecule has 0 aliphatic carbocycles. The summed E-state index contributed by atoms with van der Waals surface area (Å²) in [7, 11) is 0. The number of nitrogen functional groups attached to an aromatic ring is 1. The summed E-state index contributed by atoms with van der Waals surface area (Å²) >= 11 is 1.48. The molecule has 0 spiro atoms. The first-order valence-corrected chi connectivity index (χ1v) is 5.36. The Hall–Kier alpha value is -1.99. The van der Waals surface area contributed by atoms with Gasteiger partial charge in [0.2, 0.25) is 10.8 Å².